The largest absolute Gasteiger partial charge is 0.495 e. The number of imidazole rings is 1. The van der Waals surface area contributed by atoms with Gasteiger partial charge in [-0.25, -0.2) is 9.50 Å². The zero-order chi connectivity index (χ0) is 15.6. The van der Waals surface area contributed by atoms with Crippen LogP contribution in [0.3, 0.4) is 0 Å². The van der Waals surface area contributed by atoms with E-state index in [0.717, 1.165) is 28.0 Å². The third kappa shape index (κ3) is 2.90. The van der Waals surface area contributed by atoms with Gasteiger partial charge >= 0.3 is 0 Å². The van der Waals surface area contributed by atoms with E-state index in [1.54, 1.807) is 35.4 Å². The molecule has 0 bridgehead atoms. The number of ether oxygens (including phenoxy) is 1. The van der Waals surface area contributed by atoms with Gasteiger partial charge in [-0.3, -0.25) is 4.98 Å². The van der Waals surface area contributed by atoms with Crippen molar-refractivity contribution in [1.82, 2.24) is 19.6 Å². The lowest BCUT2D eigenvalue weighted by Gasteiger charge is -2.01. The molecule has 0 atom stereocenters. The Bertz CT molecular complexity index is 914. The third-order valence-corrected chi connectivity index (χ3v) is 5.31. The molecule has 0 fully saturated rings. The highest BCUT2D eigenvalue weighted by atomic mass is 32.1. The van der Waals surface area contributed by atoms with E-state index >= 15 is 0 Å². The van der Waals surface area contributed by atoms with Crippen LogP contribution in [-0.4, -0.2) is 26.7 Å². The van der Waals surface area contributed by atoms with Gasteiger partial charge in [-0.05, 0) is 18.2 Å². The van der Waals surface area contributed by atoms with E-state index in [1.807, 2.05) is 18.5 Å². The van der Waals surface area contributed by atoms with Crippen molar-refractivity contribution in [1.29, 1.82) is 0 Å². The van der Waals surface area contributed by atoms with Gasteiger partial charge in [-0.1, -0.05) is 11.3 Å². The molecule has 0 saturated heterocycles. The lowest BCUT2D eigenvalue weighted by Crippen LogP contribution is -1.97. The summed E-state index contributed by atoms with van der Waals surface area (Å²) in [6.45, 7) is 0.735. The molecule has 4 aromatic rings. The fraction of sp³-hybridized carbons (Fsp3) is 0.133. The van der Waals surface area contributed by atoms with Gasteiger partial charge in [0.05, 0.1) is 26.0 Å². The molecule has 0 aromatic carbocycles. The molecule has 8 heteroatoms. The summed E-state index contributed by atoms with van der Waals surface area (Å²) in [4.78, 5) is 11.7. The van der Waals surface area contributed by atoms with E-state index in [0.29, 0.717) is 0 Å². The molecule has 0 aliphatic heterocycles. The number of nitrogens with one attached hydrogen (secondary N) is 1. The number of anilines is 1. The number of thiophene rings is 1. The van der Waals surface area contributed by atoms with Crippen LogP contribution in [0.25, 0.3) is 15.4 Å². The average molecular weight is 343 g/mol. The lowest BCUT2D eigenvalue weighted by atomic mass is 10.2. The van der Waals surface area contributed by atoms with Crippen molar-refractivity contribution in [3.05, 3.63) is 47.9 Å². The summed E-state index contributed by atoms with van der Waals surface area (Å²) >= 11 is 3.27. The highest BCUT2D eigenvalue weighted by Gasteiger charge is 2.07. The van der Waals surface area contributed by atoms with Crippen LogP contribution in [0, 0.1) is 0 Å². The maximum Gasteiger partial charge on any atom is 0.213 e. The van der Waals surface area contributed by atoms with Gasteiger partial charge in [0.2, 0.25) is 10.1 Å². The second kappa shape index (κ2) is 5.98. The van der Waals surface area contributed by atoms with Gasteiger partial charge in [0.15, 0.2) is 0 Å². The summed E-state index contributed by atoms with van der Waals surface area (Å²) < 4.78 is 7.00. The zero-order valence-electron chi connectivity index (χ0n) is 12.3. The molecule has 0 aliphatic carbocycles. The quantitative estimate of drug-likeness (QED) is 0.600. The van der Waals surface area contributed by atoms with Gasteiger partial charge in [0.1, 0.15) is 5.75 Å². The molecule has 0 aliphatic rings. The van der Waals surface area contributed by atoms with Crippen LogP contribution in [0.2, 0.25) is 0 Å². The maximum atomic E-state index is 5.22. The van der Waals surface area contributed by atoms with Crippen LogP contribution >= 0.6 is 22.7 Å². The summed E-state index contributed by atoms with van der Waals surface area (Å²) in [5, 5.41) is 8.62. The van der Waals surface area contributed by atoms with E-state index in [2.05, 4.69) is 32.5 Å². The van der Waals surface area contributed by atoms with Gasteiger partial charge in [0, 0.05) is 27.7 Å². The Morgan fingerprint density at radius 1 is 1.26 bits per heavy atom. The fourth-order valence-electron chi connectivity index (χ4n) is 2.16. The van der Waals surface area contributed by atoms with Gasteiger partial charge in [0.25, 0.3) is 0 Å². The highest BCUT2D eigenvalue weighted by Crippen LogP contribution is 2.30. The van der Waals surface area contributed by atoms with Crippen molar-refractivity contribution in [2.75, 3.05) is 12.4 Å². The number of pyridine rings is 1. The van der Waals surface area contributed by atoms with E-state index in [-0.39, 0.29) is 0 Å². The Morgan fingerprint density at radius 3 is 3.09 bits per heavy atom. The molecule has 0 unspecified atom stereocenters. The Hall–Kier alpha value is -2.45. The monoisotopic (exact) mass is 343 g/mol. The summed E-state index contributed by atoms with van der Waals surface area (Å²) in [7, 11) is 1.65. The molecule has 1 N–H and O–H groups in total. The molecular weight excluding hydrogens is 330 g/mol. The van der Waals surface area contributed by atoms with Gasteiger partial charge < -0.3 is 10.1 Å². The fourth-order valence-corrected chi connectivity index (χ4v) is 3.85. The Morgan fingerprint density at radius 2 is 2.22 bits per heavy atom. The number of hydrogen-bond acceptors (Lipinski definition) is 7. The first-order valence-electron chi connectivity index (χ1n) is 6.94. The number of fused-ring (bicyclic) bond motifs is 1. The van der Waals surface area contributed by atoms with Crippen molar-refractivity contribution < 1.29 is 4.74 Å². The summed E-state index contributed by atoms with van der Waals surface area (Å²) in [6, 6.07) is 6.21. The molecule has 0 saturated carbocycles. The average Bonchev–Trinajstić information content (AvgIpc) is 3.28. The van der Waals surface area contributed by atoms with Crippen molar-refractivity contribution in [3.63, 3.8) is 0 Å². The van der Waals surface area contributed by atoms with E-state index in [9.17, 15) is 0 Å². The molecule has 4 aromatic heterocycles. The van der Waals surface area contributed by atoms with Crippen molar-refractivity contribution in [3.8, 4) is 16.2 Å². The first-order chi connectivity index (χ1) is 11.3. The van der Waals surface area contributed by atoms with Crippen LogP contribution in [0.5, 0.6) is 5.75 Å². The number of methoxy groups -OCH3 is 1. The van der Waals surface area contributed by atoms with Crippen molar-refractivity contribution in [2.24, 2.45) is 0 Å². The van der Waals surface area contributed by atoms with Crippen LogP contribution in [0.4, 0.5) is 5.13 Å². The SMILES string of the molecule is COc1cncc(-c2ccc(CNc3nn4ccnc4s3)s2)c1. The molecular formula is C15H13N5OS2. The normalized spacial score (nSPS) is 11.0. The minimum atomic E-state index is 0.735. The molecule has 0 amide bonds. The number of aromatic nitrogens is 4. The van der Waals surface area contributed by atoms with E-state index in [4.69, 9.17) is 4.74 Å². The van der Waals surface area contributed by atoms with Crippen LogP contribution in [-0.2, 0) is 6.54 Å². The molecule has 4 heterocycles. The Labute approximate surface area is 140 Å². The number of rotatable bonds is 5. The second-order valence-corrected chi connectivity index (χ2v) is 6.92. The number of hydrogen-bond donors (Lipinski definition) is 1. The summed E-state index contributed by atoms with van der Waals surface area (Å²) in [6.07, 6.45) is 7.15. The lowest BCUT2D eigenvalue weighted by molar-refractivity contribution is 0.413. The predicted octanol–water partition coefficient (Wildman–Crippen LogP) is 3.54. The molecule has 0 spiro atoms. The summed E-state index contributed by atoms with van der Waals surface area (Å²) in [5.74, 6) is 0.765. The molecule has 23 heavy (non-hydrogen) atoms. The number of nitrogens with zero attached hydrogens (tertiary/aromatic N) is 4. The topological polar surface area (TPSA) is 64.3 Å². The Balaban J connectivity index is 1.48. The molecule has 0 radical (unpaired) electrons. The maximum absolute atomic E-state index is 5.22. The smallest absolute Gasteiger partial charge is 0.213 e. The van der Waals surface area contributed by atoms with Crippen molar-refractivity contribution >= 4 is 32.8 Å². The summed E-state index contributed by atoms with van der Waals surface area (Å²) in [5.41, 5.74) is 1.06. The van der Waals surface area contributed by atoms with E-state index in [1.165, 1.54) is 21.1 Å². The third-order valence-electron chi connectivity index (χ3n) is 3.28. The highest BCUT2D eigenvalue weighted by molar-refractivity contribution is 7.20. The molecule has 116 valence electrons. The van der Waals surface area contributed by atoms with Crippen LogP contribution < -0.4 is 10.1 Å². The minimum absolute atomic E-state index is 0.735. The van der Waals surface area contributed by atoms with Gasteiger partial charge in [-0.2, -0.15) is 0 Å². The standard InChI is InChI=1S/C15H13N5OS2/c1-21-11-6-10(7-16-8-11)13-3-2-12(22-13)9-18-14-19-20-5-4-17-15(20)23-14/h2-8H,9H2,1H3,(H,18,19). The Kier molecular flexibility index (Phi) is 3.68. The zero-order valence-corrected chi connectivity index (χ0v) is 13.9. The minimum Gasteiger partial charge on any atom is -0.495 e. The first kappa shape index (κ1) is 14.2. The van der Waals surface area contributed by atoms with Gasteiger partial charge in [-0.15, -0.1) is 16.4 Å². The predicted molar refractivity (Wildman–Crippen MR) is 92.3 cm³/mol. The molecule has 4 rings (SSSR count). The van der Waals surface area contributed by atoms with E-state index < -0.39 is 0 Å². The second-order valence-electron chi connectivity index (χ2n) is 4.79. The molecule has 6 nitrogen and oxygen atoms in total. The first-order valence-corrected chi connectivity index (χ1v) is 8.57. The van der Waals surface area contributed by atoms with Crippen LogP contribution in [0.15, 0.2) is 43.0 Å². The van der Waals surface area contributed by atoms with Crippen molar-refractivity contribution in [2.45, 2.75) is 6.54 Å². The van der Waals surface area contributed by atoms with Crippen LogP contribution in [0.1, 0.15) is 4.88 Å².